The fourth-order valence-corrected chi connectivity index (χ4v) is 4.16. The molecule has 0 rings (SSSR count). The standard InChI is InChI=1S/2C18H32O2.2H3N/c2*1-2-3-4-5-6-7-8-9-10-11-12-13-14-15-16-17-18(19)20;;/h2*6-7,9-10H,2-5,8,11-17H2,1H3,(H,19,20);2*1H3/b2*7-6-,10-9-;;. The van der Waals surface area contributed by atoms with Crippen molar-refractivity contribution in [3.8, 4) is 0 Å². The molecule has 0 bridgehead atoms. The van der Waals surface area contributed by atoms with Gasteiger partial charge < -0.3 is 32.1 Å². The molecule has 0 aromatic heterocycles. The number of carboxylic acids is 2. The Balaban J connectivity index is -0.000000328. The van der Waals surface area contributed by atoms with Gasteiger partial charge in [0.15, 0.2) is 0 Å². The maximum absolute atomic E-state index is 10.2. The Morgan fingerprint density at radius 1 is 0.405 bits per heavy atom. The molecule has 0 aliphatic rings. The van der Waals surface area contributed by atoms with E-state index in [0.717, 1.165) is 64.2 Å². The molecule has 0 saturated carbocycles. The second-order valence-corrected chi connectivity index (χ2v) is 10.7. The van der Waals surface area contributed by atoms with Gasteiger partial charge in [0.05, 0.1) is 0 Å². The maximum Gasteiger partial charge on any atom is 0.0414 e. The summed E-state index contributed by atoms with van der Waals surface area (Å²) < 4.78 is 0. The number of carbonyl (C=O) groups excluding carboxylic acids is 2. The van der Waals surface area contributed by atoms with E-state index in [4.69, 9.17) is 0 Å². The number of quaternary nitrogens is 2. The molecule has 0 unspecified atom stereocenters. The molecule has 0 aromatic carbocycles. The van der Waals surface area contributed by atoms with Gasteiger partial charge in [0.25, 0.3) is 0 Å². The van der Waals surface area contributed by atoms with Crippen LogP contribution in [0.5, 0.6) is 0 Å². The van der Waals surface area contributed by atoms with E-state index < -0.39 is 11.9 Å². The third-order valence-electron chi connectivity index (χ3n) is 6.66. The van der Waals surface area contributed by atoms with Gasteiger partial charge in [-0.1, -0.05) is 127 Å². The molecule has 6 heteroatoms. The minimum absolute atomic E-state index is 0. The zero-order valence-electron chi connectivity index (χ0n) is 28.2. The summed E-state index contributed by atoms with van der Waals surface area (Å²) in [4.78, 5) is 20.4. The van der Waals surface area contributed by atoms with Gasteiger partial charge in [-0.3, -0.25) is 0 Å². The summed E-state index contributed by atoms with van der Waals surface area (Å²) in [5.74, 6) is -1.84. The monoisotopic (exact) mass is 595 g/mol. The van der Waals surface area contributed by atoms with Gasteiger partial charge in [0, 0.05) is 11.9 Å². The Morgan fingerprint density at radius 3 is 0.952 bits per heavy atom. The first-order chi connectivity index (χ1) is 19.5. The summed E-state index contributed by atoms with van der Waals surface area (Å²) in [6, 6.07) is 0. The van der Waals surface area contributed by atoms with Gasteiger partial charge in [-0.15, -0.1) is 0 Å². The number of hydrogen-bond acceptors (Lipinski definition) is 4. The zero-order valence-corrected chi connectivity index (χ0v) is 28.2. The predicted octanol–water partition coefficient (Wildman–Crippen LogP) is 9.85. The fraction of sp³-hybridized carbons (Fsp3) is 0.722. The third kappa shape index (κ3) is 50.6. The molecule has 0 spiro atoms. The summed E-state index contributed by atoms with van der Waals surface area (Å²) in [5, 5.41) is 20.4. The molecule has 0 aliphatic carbocycles. The highest BCUT2D eigenvalue weighted by Crippen LogP contribution is 2.09. The maximum atomic E-state index is 10.2. The Hall–Kier alpha value is -2.18. The average molecular weight is 595 g/mol. The lowest BCUT2D eigenvalue weighted by Gasteiger charge is -2.01. The SMILES string of the molecule is CCCCC/C=C\C/C=C\CCCCCCCC(=O)[O-].CCCCC/C=C\C/C=C\CCCCCCCC(=O)[O-].[NH4+].[NH4+]. The Kier molecular flexibility index (Phi) is 48.2. The van der Waals surface area contributed by atoms with Crippen molar-refractivity contribution in [1.82, 2.24) is 12.3 Å². The van der Waals surface area contributed by atoms with Gasteiger partial charge >= 0.3 is 0 Å². The minimum Gasteiger partial charge on any atom is -0.550 e. The van der Waals surface area contributed by atoms with Crippen LogP contribution in [0.1, 0.15) is 168 Å². The first-order valence-electron chi connectivity index (χ1n) is 16.5. The number of rotatable bonds is 28. The summed E-state index contributed by atoms with van der Waals surface area (Å²) in [7, 11) is 0. The smallest absolute Gasteiger partial charge is 0.0414 e. The van der Waals surface area contributed by atoms with Crippen LogP contribution in [0.3, 0.4) is 0 Å². The Labute approximate surface area is 260 Å². The first kappa shape index (κ1) is 46.8. The van der Waals surface area contributed by atoms with E-state index in [9.17, 15) is 19.8 Å². The molecule has 8 N–H and O–H groups in total. The van der Waals surface area contributed by atoms with E-state index in [1.54, 1.807) is 0 Å². The van der Waals surface area contributed by atoms with Gasteiger partial charge in [-0.05, 0) is 89.9 Å². The second-order valence-electron chi connectivity index (χ2n) is 10.7. The quantitative estimate of drug-likeness (QED) is 0.0683. The number of allylic oxidation sites excluding steroid dienone is 8. The minimum atomic E-state index is -0.921. The van der Waals surface area contributed by atoms with Gasteiger partial charge in [-0.2, -0.15) is 0 Å². The van der Waals surface area contributed by atoms with Crippen molar-refractivity contribution < 1.29 is 19.8 Å². The van der Waals surface area contributed by atoms with E-state index in [-0.39, 0.29) is 25.1 Å². The average Bonchev–Trinajstić information content (AvgIpc) is 2.93. The van der Waals surface area contributed by atoms with E-state index in [0.29, 0.717) is 0 Å². The zero-order chi connectivity index (χ0) is 29.8. The van der Waals surface area contributed by atoms with Crippen LogP contribution in [-0.4, -0.2) is 11.9 Å². The van der Waals surface area contributed by atoms with Crippen LogP contribution in [0.25, 0.3) is 0 Å². The molecule has 0 fully saturated rings. The molecule has 6 nitrogen and oxygen atoms in total. The largest absolute Gasteiger partial charge is 0.550 e. The van der Waals surface area contributed by atoms with Crippen molar-refractivity contribution in [2.75, 3.05) is 0 Å². The van der Waals surface area contributed by atoms with Crippen LogP contribution in [0.4, 0.5) is 0 Å². The van der Waals surface area contributed by atoms with Crippen molar-refractivity contribution in [3.63, 3.8) is 0 Å². The highest BCUT2D eigenvalue weighted by Gasteiger charge is 1.92. The van der Waals surface area contributed by atoms with Crippen molar-refractivity contribution in [3.05, 3.63) is 48.6 Å². The highest BCUT2D eigenvalue weighted by atomic mass is 16.4. The number of hydrogen-bond donors (Lipinski definition) is 2. The molecule has 0 amide bonds. The van der Waals surface area contributed by atoms with Crippen LogP contribution in [-0.2, 0) is 9.59 Å². The molecule has 0 saturated heterocycles. The van der Waals surface area contributed by atoms with Crippen molar-refractivity contribution in [1.29, 1.82) is 0 Å². The third-order valence-corrected chi connectivity index (χ3v) is 6.66. The Morgan fingerprint density at radius 2 is 0.667 bits per heavy atom. The van der Waals surface area contributed by atoms with Crippen LogP contribution in [0.15, 0.2) is 48.6 Å². The molecular weight excluding hydrogens is 524 g/mol. The summed E-state index contributed by atoms with van der Waals surface area (Å²) >= 11 is 0. The van der Waals surface area contributed by atoms with Crippen molar-refractivity contribution in [2.45, 2.75) is 168 Å². The molecule has 248 valence electrons. The first-order valence-corrected chi connectivity index (χ1v) is 16.5. The van der Waals surface area contributed by atoms with Gasteiger partial charge in [0.1, 0.15) is 0 Å². The van der Waals surface area contributed by atoms with E-state index in [1.165, 1.54) is 77.0 Å². The molecular formula is C36H70N2O4. The van der Waals surface area contributed by atoms with Crippen LogP contribution < -0.4 is 22.5 Å². The normalized spacial score (nSPS) is 11.1. The molecule has 0 heterocycles. The van der Waals surface area contributed by atoms with Gasteiger partial charge in [-0.25, -0.2) is 0 Å². The van der Waals surface area contributed by atoms with E-state index in [1.807, 2.05) is 0 Å². The number of carboxylic acid groups (broad SMARTS) is 2. The van der Waals surface area contributed by atoms with E-state index in [2.05, 4.69) is 62.5 Å². The summed E-state index contributed by atoms with van der Waals surface area (Å²) in [6.45, 7) is 4.46. The summed E-state index contributed by atoms with van der Waals surface area (Å²) in [5.41, 5.74) is 0. The lowest BCUT2D eigenvalue weighted by Crippen LogP contribution is -2.21. The Bertz CT molecular complexity index is 601. The van der Waals surface area contributed by atoms with Crippen molar-refractivity contribution in [2.24, 2.45) is 0 Å². The molecule has 42 heavy (non-hydrogen) atoms. The van der Waals surface area contributed by atoms with Crippen LogP contribution >= 0.6 is 0 Å². The molecule has 0 atom stereocenters. The second kappa shape index (κ2) is 43.3. The number of carbonyl (C=O) groups is 2. The molecule has 0 radical (unpaired) electrons. The van der Waals surface area contributed by atoms with Crippen molar-refractivity contribution >= 4 is 11.9 Å². The topological polar surface area (TPSA) is 153 Å². The lowest BCUT2D eigenvalue weighted by molar-refractivity contribution is -0.307. The van der Waals surface area contributed by atoms with Crippen LogP contribution in [0.2, 0.25) is 0 Å². The van der Waals surface area contributed by atoms with E-state index >= 15 is 0 Å². The van der Waals surface area contributed by atoms with Gasteiger partial charge in [0.2, 0.25) is 0 Å². The molecule has 0 aromatic rings. The number of aliphatic carboxylic acids is 2. The summed E-state index contributed by atoms with van der Waals surface area (Å²) in [6.07, 6.45) is 43.9. The molecule has 0 aliphatic heterocycles. The fourth-order valence-electron chi connectivity index (χ4n) is 4.16. The predicted molar refractivity (Wildman–Crippen MR) is 181 cm³/mol. The van der Waals surface area contributed by atoms with Crippen LogP contribution in [0, 0.1) is 0 Å². The number of unbranched alkanes of at least 4 members (excludes halogenated alkanes) is 16. The highest BCUT2D eigenvalue weighted by molar-refractivity contribution is 5.64. The lowest BCUT2D eigenvalue weighted by atomic mass is 10.1.